The number of fused-ring (bicyclic) bond motifs is 1. The molecular formula is C19H20N2O4. The van der Waals surface area contributed by atoms with Gasteiger partial charge in [0.2, 0.25) is 5.91 Å². The Morgan fingerprint density at radius 1 is 1.24 bits per heavy atom. The SMILES string of the molecule is Cc1ccc(OCCCC(=O)Nc2ccc3c(c2)NC(=O)CO3)cc1. The summed E-state index contributed by atoms with van der Waals surface area (Å²) in [5.74, 6) is 1.10. The van der Waals surface area contributed by atoms with Crippen LogP contribution in [0.15, 0.2) is 42.5 Å². The Hall–Kier alpha value is -3.02. The summed E-state index contributed by atoms with van der Waals surface area (Å²) in [5.41, 5.74) is 2.36. The number of amides is 2. The number of carbonyl (C=O) groups excluding carboxylic acids is 2. The molecule has 0 aliphatic carbocycles. The molecule has 2 N–H and O–H groups in total. The standard InChI is InChI=1S/C19H20N2O4/c1-13-4-7-15(8-5-13)24-10-2-3-18(22)20-14-6-9-17-16(11-14)21-19(23)12-25-17/h4-9,11H,2-3,10,12H2,1H3,(H,20,22)(H,21,23). The summed E-state index contributed by atoms with van der Waals surface area (Å²) in [4.78, 5) is 23.3. The summed E-state index contributed by atoms with van der Waals surface area (Å²) in [6.07, 6.45) is 0.969. The zero-order chi connectivity index (χ0) is 17.6. The van der Waals surface area contributed by atoms with E-state index >= 15 is 0 Å². The van der Waals surface area contributed by atoms with Gasteiger partial charge >= 0.3 is 0 Å². The number of rotatable bonds is 6. The van der Waals surface area contributed by atoms with Crippen LogP contribution in [0.5, 0.6) is 11.5 Å². The molecule has 0 fully saturated rings. The van der Waals surface area contributed by atoms with Crippen LogP contribution >= 0.6 is 0 Å². The fraction of sp³-hybridized carbons (Fsp3) is 0.263. The fourth-order valence-corrected chi connectivity index (χ4v) is 2.44. The van der Waals surface area contributed by atoms with Crippen molar-refractivity contribution in [3.63, 3.8) is 0 Å². The van der Waals surface area contributed by atoms with E-state index in [0.717, 1.165) is 5.75 Å². The normalized spacial score (nSPS) is 12.6. The molecule has 2 aromatic rings. The molecule has 6 nitrogen and oxygen atoms in total. The molecule has 1 heterocycles. The monoisotopic (exact) mass is 340 g/mol. The highest BCUT2D eigenvalue weighted by Crippen LogP contribution is 2.30. The molecule has 1 aliphatic rings. The molecule has 0 saturated carbocycles. The van der Waals surface area contributed by atoms with Gasteiger partial charge in [0, 0.05) is 12.1 Å². The first-order chi connectivity index (χ1) is 12.1. The topological polar surface area (TPSA) is 76.7 Å². The van der Waals surface area contributed by atoms with E-state index in [1.54, 1.807) is 18.2 Å². The van der Waals surface area contributed by atoms with E-state index in [2.05, 4.69) is 10.6 Å². The predicted octanol–water partition coefficient (Wildman–Crippen LogP) is 3.12. The third kappa shape index (κ3) is 4.73. The molecule has 0 aromatic heterocycles. The molecule has 1 aliphatic heterocycles. The number of carbonyl (C=O) groups is 2. The van der Waals surface area contributed by atoms with Gasteiger partial charge in [0.25, 0.3) is 5.91 Å². The molecule has 0 atom stereocenters. The first-order valence-electron chi connectivity index (χ1n) is 8.16. The van der Waals surface area contributed by atoms with Crippen LogP contribution in [0.1, 0.15) is 18.4 Å². The fourth-order valence-electron chi connectivity index (χ4n) is 2.44. The van der Waals surface area contributed by atoms with Crippen LogP contribution in [0.25, 0.3) is 0 Å². The lowest BCUT2D eigenvalue weighted by atomic mass is 10.2. The van der Waals surface area contributed by atoms with Crippen molar-refractivity contribution in [3.8, 4) is 11.5 Å². The minimum Gasteiger partial charge on any atom is -0.494 e. The van der Waals surface area contributed by atoms with Crippen molar-refractivity contribution < 1.29 is 19.1 Å². The quantitative estimate of drug-likeness (QED) is 0.792. The zero-order valence-electron chi connectivity index (χ0n) is 14.0. The molecule has 6 heteroatoms. The summed E-state index contributed by atoms with van der Waals surface area (Å²) in [6.45, 7) is 2.51. The Morgan fingerprint density at radius 3 is 2.84 bits per heavy atom. The van der Waals surface area contributed by atoms with E-state index in [9.17, 15) is 9.59 Å². The second-order valence-corrected chi connectivity index (χ2v) is 5.86. The van der Waals surface area contributed by atoms with E-state index in [4.69, 9.17) is 9.47 Å². The van der Waals surface area contributed by atoms with Gasteiger partial charge in [-0.1, -0.05) is 17.7 Å². The van der Waals surface area contributed by atoms with Crippen LogP contribution in [0.4, 0.5) is 11.4 Å². The average molecular weight is 340 g/mol. The van der Waals surface area contributed by atoms with Crippen LogP contribution in [0, 0.1) is 6.92 Å². The Bertz CT molecular complexity index is 771. The summed E-state index contributed by atoms with van der Waals surface area (Å²) in [5, 5.41) is 5.52. The highest BCUT2D eigenvalue weighted by molar-refractivity contribution is 5.97. The molecule has 0 radical (unpaired) electrons. The Labute approximate surface area is 146 Å². The molecule has 2 amide bonds. The number of nitrogens with one attached hydrogen (secondary N) is 2. The minimum absolute atomic E-state index is 0.0136. The van der Waals surface area contributed by atoms with Crippen LogP contribution in [0.3, 0.4) is 0 Å². The maximum Gasteiger partial charge on any atom is 0.262 e. The molecule has 3 rings (SSSR count). The first kappa shape index (κ1) is 16.8. The number of aryl methyl sites for hydroxylation is 1. The van der Waals surface area contributed by atoms with E-state index in [0.29, 0.717) is 36.6 Å². The molecule has 0 bridgehead atoms. The van der Waals surface area contributed by atoms with Gasteiger partial charge in [-0.3, -0.25) is 9.59 Å². The van der Waals surface area contributed by atoms with Gasteiger partial charge in [0.15, 0.2) is 6.61 Å². The van der Waals surface area contributed by atoms with Gasteiger partial charge < -0.3 is 20.1 Å². The maximum absolute atomic E-state index is 12.0. The summed E-state index contributed by atoms with van der Waals surface area (Å²) in [7, 11) is 0. The molecule has 0 spiro atoms. The van der Waals surface area contributed by atoms with Crippen molar-refractivity contribution in [2.24, 2.45) is 0 Å². The molecular weight excluding hydrogens is 320 g/mol. The lowest BCUT2D eigenvalue weighted by Gasteiger charge is -2.18. The van der Waals surface area contributed by atoms with Gasteiger partial charge in [-0.25, -0.2) is 0 Å². The van der Waals surface area contributed by atoms with Crippen molar-refractivity contribution in [2.75, 3.05) is 23.8 Å². The van der Waals surface area contributed by atoms with Crippen LogP contribution in [-0.2, 0) is 9.59 Å². The largest absolute Gasteiger partial charge is 0.494 e. The van der Waals surface area contributed by atoms with Gasteiger partial charge in [-0.15, -0.1) is 0 Å². The number of benzene rings is 2. The third-order valence-corrected chi connectivity index (χ3v) is 3.73. The summed E-state index contributed by atoms with van der Waals surface area (Å²) < 4.78 is 10.9. The van der Waals surface area contributed by atoms with Crippen molar-refractivity contribution in [2.45, 2.75) is 19.8 Å². The van der Waals surface area contributed by atoms with E-state index < -0.39 is 0 Å². The van der Waals surface area contributed by atoms with E-state index in [1.807, 2.05) is 31.2 Å². The van der Waals surface area contributed by atoms with Crippen molar-refractivity contribution in [3.05, 3.63) is 48.0 Å². The van der Waals surface area contributed by atoms with Crippen molar-refractivity contribution >= 4 is 23.2 Å². The van der Waals surface area contributed by atoms with E-state index in [1.165, 1.54) is 5.56 Å². The average Bonchev–Trinajstić information content (AvgIpc) is 2.60. The second-order valence-electron chi connectivity index (χ2n) is 5.86. The van der Waals surface area contributed by atoms with Crippen molar-refractivity contribution in [1.82, 2.24) is 0 Å². The summed E-state index contributed by atoms with van der Waals surface area (Å²) in [6, 6.07) is 13.0. The Morgan fingerprint density at radius 2 is 2.04 bits per heavy atom. The molecule has 0 saturated heterocycles. The Balaban J connectivity index is 1.44. The van der Waals surface area contributed by atoms with Gasteiger partial charge in [0.1, 0.15) is 11.5 Å². The molecule has 2 aromatic carbocycles. The zero-order valence-corrected chi connectivity index (χ0v) is 14.0. The van der Waals surface area contributed by atoms with Gasteiger partial charge in [-0.2, -0.15) is 0 Å². The number of hydrogen-bond acceptors (Lipinski definition) is 4. The third-order valence-electron chi connectivity index (χ3n) is 3.73. The molecule has 0 unspecified atom stereocenters. The number of anilines is 2. The molecule has 25 heavy (non-hydrogen) atoms. The van der Waals surface area contributed by atoms with Crippen LogP contribution in [0.2, 0.25) is 0 Å². The lowest BCUT2D eigenvalue weighted by molar-refractivity contribution is -0.118. The number of hydrogen-bond donors (Lipinski definition) is 2. The van der Waals surface area contributed by atoms with Crippen LogP contribution < -0.4 is 20.1 Å². The predicted molar refractivity (Wildman–Crippen MR) is 95.1 cm³/mol. The Kier molecular flexibility index (Phi) is 5.18. The van der Waals surface area contributed by atoms with E-state index in [-0.39, 0.29) is 18.4 Å². The molecule has 130 valence electrons. The highest BCUT2D eigenvalue weighted by Gasteiger charge is 2.16. The van der Waals surface area contributed by atoms with Crippen molar-refractivity contribution in [1.29, 1.82) is 0 Å². The number of ether oxygens (including phenoxy) is 2. The highest BCUT2D eigenvalue weighted by atomic mass is 16.5. The minimum atomic E-state index is -0.204. The van der Waals surface area contributed by atoms with Gasteiger partial charge in [-0.05, 0) is 43.7 Å². The lowest BCUT2D eigenvalue weighted by Crippen LogP contribution is -2.25. The van der Waals surface area contributed by atoms with Crippen LogP contribution in [-0.4, -0.2) is 25.0 Å². The summed E-state index contributed by atoms with van der Waals surface area (Å²) >= 11 is 0. The first-order valence-corrected chi connectivity index (χ1v) is 8.16. The van der Waals surface area contributed by atoms with Gasteiger partial charge in [0.05, 0.1) is 12.3 Å². The second kappa shape index (κ2) is 7.70. The maximum atomic E-state index is 12.0. The smallest absolute Gasteiger partial charge is 0.262 e.